The van der Waals surface area contributed by atoms with Crippen LogP contribution in [0.15, 0.2) is 30.3 Å². The van der Waals surface area contributed by atoms with Crippen molar-refractivity contribution in [2.24, 2.45) is 11.7 Å². The molecule has 1 saturated carbocycles. The molecule has 1 aliphatic heterocycles. The highest BCUT2D eigenvalue weighted by molar-refractivity contribution is 5.16. The Labute approximate surface area is 95.9 Å². The lowest BCUT2D eigenvalue weighted by Gasteiger charge is -2.33. The Morgan fingerprint density at radius 3 is 2.69 bits per heavy atom. The monoisotopic (exact) mass is 218 g/mol. The van der Waals surface area contributed by atoms with Crippen LogP contribution in [-0.4, -0.2) is 34.7 Å². The molecule has 1 saturated heterocycles. The maximum absolute atomic E-state index is 9.97. The van der Waals surface area contributed by atoms with Crippen molar-refractivity contribution < 1.29 is 5.11 Å². The predicted molar refractivity (Wildman–Crippen MR) is 62.7 cm³/mol. The molecule has 2 aliphatic rings. The molecule has 3 nitrogen and oxygen atoms in total. The van der Waals surface area contributed by atoms with Gasteiger partial charge in [0.05, 0.1) is 6.10 Å². The van der Waals surface area contributed by atoms with Gasteiger partial charge in [0.15, 0.2) is 0 Å². The van der Waals surface area contributed by atoms with E-state index >= 15 is 0 Å². The minimum absolute atomic E-state index is 0.00276. The summed E-state index contributed by atoms with van der Waals surface area (Å²) in [6, 6.07) is 10.7. The van der Waals surface area contributed by atoms with Crippen LogP contribution in [0.1, 0.15) is 12.0 Å². The van der Waals surface area contributed by atoms with E-state index < -0.39 is 0 Å². The zero-order valence-corrected chi connectivity index (χ0v) is 9.29. The zero-order valence-electron chi connectivity index (χ0n) is 9.29. The Hall–Kier alpha value is -0.900. The van der Waals surface area contributed by atoms with E-state index in [1.54, 1.807) is 0 Å². The Balaban J connectivity index is 1.71. The van der Waals surface area contributed by atoms with Gasteiger partial charge in [0.1, 0.15) is 0 Å². The van der Waals surface area contributed by atoms with Crippen molar-refractivity contribution in [2.75, 3.05) is 6.54 Å². The van der Waals surface area contributed by atoms with Crippen molar-refractivity contribution in [2.45, 2.75) is 31.2 Å². The zero-order chi connectivity index (χ0) is 11.1. The predicted octanol–water partition coefficient (Wildman–Crippen LogP) is 0.579. The number of piperidine rings is 1. The first kappa shape index (κ1) is 10.3. The molecule has 1 heterocycles. The largest absolute Gasteiger partial charge is 0.390 e. The van der Waals surface area contributed by atoms with Gasteiger partial charge in [-0.3, -0.25) is 4.90 Å². The quantitative estimate of drug-likeness (QED) is 0.763. The van der Waals surface area contributed by atoms with Gasteiger partial charge < -0.3 is 10.8 Å². The van der Waals surface area contributed by atoms with Gasteiger partial charge in [0, 0.05) is 25.2 Å². The molecule has 0 amide bonds. The minimum atomic E-state index is -0.331. The van der Waals surface area contributed by atoms with Crippen molar-refractivity contribution in [1.29, 1.82) is 0 Å². The van der Waals surface area contributed by atoms with Crippen molar-refractivity contribution in [3.63, 3.8) is 0 Å². The maximum Gasteiger partial charge on any atom is 0.0849 e. The highest BCUT2D eigenvalue weighted by Crippen LogP contribution is 2.37. The summed E-state index contributed by atoms with van der Waals surface area (Å²) in [7, 11) is 0. The molecular formula is C13H18N2O. The molecule has 16 heavy (non-hydrogen) atoms. The van der Waals surface area contributed by atoms with E-state index in [2.05, 4.69) is 29.2 Å². The fourth-order valence-electron chi connectivity index (χ4n) is 3.14. The second kappa shape index (κ2) is 3.84. The Morgan fingerprint density at radius 2 is 2.06 bits per heavy atom. The number of hydrogen-bond donors (Lipinski definition) is 2. The molecule has 4 atom stereocenters. The number of likely N-dealkylation sites (tertiary alicyclic amines) is 1. The van der Waals surface area contributed by atoms with Gasteiger partial charge in [0.2, 0.25) is 0 Å². The van der Waals surface area contributed by atoms with Crippen LogP contribution in [0, 0.1) is 5.92 Å². The Kier molecular flexibility index (Phi) is 2.46. The van der Waals surface area contributed by atoms with Crippen molar-refractivity contribution >= 4 is 0 Å². The highest BCUT2D eigenvalue weighted by Gasteiger charge is 2.49. The second-order valence-electron chi connectivity index (χ2n) is 5.05. The highest BCUT2D eigenvalue weighted by atomic mass is 16.3. The first-order valence-corrected chi connectivity index (χ1v) is 5.97. The molecule has 3 N–H and O–H groups in total. The van der Waals surface area contributed by atoms with Gasteiger partial charge >= 0.3 is 0 Å². The third-order valence-electron chi connectivity index (χ3n) is 4.04. The van der Waals surface area contributed by atoms with E-state index in [-0.39, 0.29) is 18.2 Å². The van der Waals surface area contributed by atoms with Crippen LogP contribution < -0.4 is 5.73 Å². The van der Waals surface area contributed by atoms with Crippen LogP contribution in [0.25, 0.3) is 0 Å². The normalized spacial score (nSPS) is 38.1. The summed E-state index contributed by atoms with van der Waals surface area (Å²) in [5, 5.41) is 9.97. The van der Waals surface area contributed by atoms with E-state index in [1.807, 2.05) is 6.07 Å². The molecule has 2 bridgehead atoms. The Bertz CT molecular complexity index is 365. The molecule has 0 unspecified atom stereocenters. The standard InChI is InChI=1S/C13H18N2O/c14-12-10-6-11(13(12)16)15(8-10)7-9-4-2-1-3-5-9/h1-5,10-13,16H,6-8,14H2/t10-,11-,12+,13-/m0/s1. The summed E-state index contributed by atoms with van der Waals surface area (Å²) in [6.07, 6.45) is 0.734. The van der Waals surface area contributed by atoms with Gasteiger partial charge in [-0.15, -0.1) is 0 Å². The van der Waals surface area contributed by atoms with Crippen molar-refractivity contribution in [3.05, 3.63) is 35.9 Å². The molecule has 0 radical (unpaired) electrons. The summed E-state index contributed by atoms with van der Waals surface area (Å²) in [5.41, 5.74) is 7.26. The van der Waals surface area contributed by atoms with Crippen molar-refractivity contribution in [1.82, 2.24) is 4.90 Å². The summed E-state index contributed by atoms with van der Waals surface area (Å²) in [6.45, 7) is 1.98. The number of benzene rings is 1. The van der Waals surface area contributed by atoms with E-state index in [1.165, 1.54) is 5.56 Å². The molecule has 3 heteroatoms. The van der Waals surface area contributed by atoms with Gasteiger partial charge in [0.25, 0.3) is 0 Å². The second-order valence-corrected chi connectivity index (χ2v) is 5.05. The third-order valence-corrected chi connectivity index (χ3v) is 4.04. The van der Waals surface area contributed by atoms with Gasteiger partial charge in [-0.2, -0.15) is 0 Å². The molecular weight excluding hydrogens is 200 g/mol. The van der Waals surface area contributed by atoms with E-state index in [0.29, 0.717) is 5.92 Å². The minimum Gasteiger partial charge on any atom is -0.390 e. The molecule has 0 spiro atoms. The number of aliphatic hydroxyl groups is 1. The summed E-state index contributed by atoms with van der Waals surface area (Å²) in [5.74, 6) is 0.490. The summed E-state index contributed by atoms with van der Waals surface area (Å²) < 4.78 is 0. The van der Waals surface area contributed by atoms with Gasteiger partial charge in [-0.05, 0) is 17.9 Å². The van der Waals surface area contributed by atoms with Crippen LogP contribution in [0.2, 0.25) is 0 Å². The summed E-state index contributed by atoms with van der Waals surface area (Å²) in [4.78, 5) is 2.37. The van der Waals surface area contributed by atoms with Crippen molar-refractivity contribution in [3.8, 4) is 0 Å². The summed E-state index contributed by atoms with van der Waals surface area (Å²) >= 11 is 0. The number of nitrogens with two attached hydrogens (primary N) is 1. The number of rotatable bonds is 2. The number of fused-ring (bicyclic) bond motifs is 2. The molecule has 0 aromatic heterocycles. The van der Waals surface area contributed by atoms with Crippen LogP contribution in [-0.2, 0) is 6.54 Å². The first-order valence-electron chi connectivity index (χ1n) is 5.97. The molecule has 1 aromatic carbocycles. The molecule has 1 aliphatic carbocycles. The molecule has 1 aromatic rings. The average molecular weight is 218 g/mol. The topological polar surface area (TPSA) is 49.5 Å². The van der Waals surface area contributed by atoms with Crippen LogP contribution in [0.4, 0.5) is 0 Å². The number of nitrogens with zero attached hydrogens (tertiary/aromatic N) is 1. The van der Waals surface area contributed by atoms with Gasteiger partial charge in [-0.25, -0.2) is 0 Å². The van der Waals surface area contributed by atoms with E-state index in [4.69, 9.17) is 5.73 Å². The first-order chi connectivity index (χ1) is 7.75. The lowest BCUT2D eigenvalue weighted by atomic mass is 10.0. The fraction of sp³-hybridized carbons (Fsp3) is 0.538. The molecule has 2 fully saturated rings. The SMILES string of the molecule is N[C@@H]1[C@H]2C[C@@H]([C@@H]1O)N(Cc1ccccc1)C2. The average Bonchev–Trinajstić information content (AvgIpc) is 2.82. The fourth-order valence-corrected chi connectivity index (χ4v) is 3.14. The smallest absolute Gasteiger partial charge is 0.0849 e. The maximum atomic E-state index is 9.97. The Morgan fingerprint density at radius 1 is 1.31 bits per heavy atom. The number of aliphatic hydroxyl groups excluding tert-OH is 1. The van der Waals surface area contributed by atoms with Crippen LogP contribution in [0.5, 0.6) is 0 Å². The lowest BCUT2D eigenvalue weighted by Crippen LogP contribution is -2.51. The van der Waals surface area contributed by atoms with E-state index in [9.17, 15) is 5.11 Å². The lowest BCUT2D eigenvalue weighted by molar-refractivity contribution is 0.0382. The number of hydrogen-bond acceptors (Lipinski definition) is 3. The van der Waals surface area contributed by atoms with Crippen LogP contribution >= 0.6 is 0 Å². The van der Waals surface area contributed by atoms with E-state index in [0.717, 1.165) is 19.5 Å². The molecule has 3 rings (SSSR count). The van der Waals surface area contributed by atoms with Crippen LogP contribution in [0.3, 0.4) is 0 Å². The van der Waals surface area contributed by atoms with Gasteiger partial charge in [-0.1, -0.05) is 30.3 Å². The third kappa shape index (κ3) is 1.56. The molecule has 86 valence electrons.